The standard InChI is InChI=1S/C20H18BrFN4O/c21-14-4-3-5-15(11-14)23-20(27)24-16-10-13-6-7-18(26-8-1-2-9-26)25-19(13)17(22)12-16/h3-7,10-12H,1-2,8-9H2,(H2,23,24,27). The molecule has 3 aromatic rings. The molecule has 0 radical (unpaired) electrons. The molecular weight excluding hydrogens is 411 g/mol. The summed E-state index contributed by atoms with van der Waals surface area (Å²) in [5.41, 5.74) is 1.33. The molecule has 0 unspecified atom stereocenters. The maximum Gasteiger partial charge on any atom is 0.323 e. The minimum Gasteiger partial charge on any atom is -0.357 e. The van der Waals surface area contributed by atoms with Crippen molar-refractivity contribution in [2.75, 3.05) is 28.6 Å². The molecule has 0 aliphatic carbocycles. The van der Waals surface area contributed by atoms with Crippen molar-refractivity contribution < 1.29 is 9.18 Å². The number of rotatable bonds is 3. The van der Waals surface area contributed by atoms with Crippen LogP contribution < -0.4 is 15.5 Å². The Morgan fingerprint density at radius 3 is 2.59 bits per heavy atom. The molecule has 1 fully saturated rings. The summed E-state index contributed by atoms with van der Waals surface area (Å²) in [4.78, 5) is 18.8. The number of nitrogens with zero attached hydrogens (tertiary/aromatic N) is 2. The molecule has 1 aliphatic heterocycles. The van der Waals surface area contributed by atoms with Gasteiger partial charge in [-0.25, -0.2) is 14.2 Å². The van der Waals surface area contributed by atoms with Gasteiger partial charge in [-0.3, -0.25) is 0 Å². The van der Waals surface area contributed by atoms with E-state index in [1.807, 2.05) is 24.3 Å². The number of amides is 2. The molecule has 1 aliphatic rings. The van der Waals surface area contributed by atoms with E-state index in [0.717, 1.165) is 36.2 Å². The van der Waals surface area contributed by atoms with Gasteiger partial charge in [0.25, 0.3) is 0 Å². The van der Waals surface area contributed by atoms with Crippen LogP contribution in [0.4, 0.5) is 26.4 Å². The van der Waals surface area contributed by atoms with Crippen molar-refractivity contribution in [1.29, 1.82) is 0 Å². The molecule has 0 spiro atoms. The summed E-state index contributed by atoms with van der Waals surface area (Å²) in [6.45, 7) is 1.91. The Kier molecular flexibility index (Phi) is 4.94. The number of hydrogen-bond acceptors (Lipinski definition) is 3. The molecule has 5 nitrogen and oxygen atoms in total. The number of benzene rings is 2. The van der Waals surface area contributed by atoms with Gasteiger partial charge >= 0.3 is 6.03 Å². The zero-order chi connectivity index (χ0) is 18.8. The average molecular weight is 429 g/mol. The number of urea groups is 1. The van der Waals surface area contributed by atoms with Gasteiger partial charge in [0.15, 0.2) is 5.82 Å². The van der Waals surface area contributed by atoms with Gasteiger partial charge in [0.1, 0.15) is 11.3 Å². The highest BCUT2D eigenvalue weighted by atomic mass is 79.9. The Morgan fingerprint density at radius 2 is 1.81 bits per heavy atom. The van der Waals surface area contributed by atoms with Gasteiger partial charge in [0.2, 0.25) is 0 Å². The highest BCUT2D eigenvalue weighted by Gasteiger charge is 2.15. The van der Waals surface area contributed by atoms with Gasteiger partial charge in [-0.05, 0) is 55.3 Å². The fourth-order valence-corrected chi connectivity index (χ4v) is 3.63. The van der Waals surface area contributed by atoms with Crippen LogP contribution in [0.25, 0.3) is 10.9 Å². The second kappa shape index (κ2) is 7.52. The van der Waals surface area contributed by atoms with E-state index in [1.165, 1.54) is 6.07 Å². The van der Waals surface area contributed by atoms with Crippen LogP contribution in [0.15, 0.2) is 53.0 Å². The van der Waals surface area contributed by atoms with Crippen LogP contribution >= 0.6 is 15.9 Å². The Bertz CT molecular complexity index is 1000. The molecule has 1 aromatic heterocycles. The minimum atomic E-state index is -0.452. The highest BCUT2D eigenvalue weighted by Crippen LogP contribution is 2.26. The van der Waals surface area contributed by atoms with Crippen molar-refractivity contribution in [1.82, 2.24) is 4.98 Å². The largest absolute Gasteiger partial charge is 0.357 e. The molecule has 2 N–H and O–H groups in total. The maximum absolute atomic E-state index is 14.6. The minimum absolute atomic E-state index is 0.317. The smallest absolute Gasteiger partial charge is 0.323 e. The van der Waals surface area contributed by atoms with Crippen molar-refractivity contribution in [2.24, 2.45) is 0 Å². The summed E-state index contributed by atoms with van der Waals surface area (Å²) >= 11 is 3.35. The third kappa shape index (κ3) is 4.03. The molecule has 1 saturated heterocycles. The number of hydrogen-bond donors (Lipinski definition) is 2. The molecule has 2 aromatic carbocycles. The van der Waals surface area contributed by atoms with Gasteiger partial charge in [0.05, 0.1) is 0 Å². The first-order valence-corrected chi connectivity index (χ1v) is 9.57. The van der Waals surface area contributed by atoms with E-state index >= 15 is 0 Å². The molecule has 2 amide bonds. The van der Waals surface area contributed by atoms with Crippen LogP contribution in [0.2, 0.25) is 0 Å². The second-order valence-electron chi connectivity index (χ2n) is 6.48. The van der Waals surface area contributed by atoms with Crippen molar-refractivity contribution in [3.05, 3.63) is 58.8 Å². The Labute approximate surface area is 164 Å². The van der Waals surface area contributed by atoms with Crippen LogP contribution in [0, 0.1) is 5.82 Å². The molecule has 4 rings (SSSR count). The normalized spacial score (nSPS) is 13.8. The predicted octanol–water partition coefficient (Wildman–Crippen LogP) is 5.38. The van der Waals surface area contributed by atoms with E-state index < -0.39 is 11.8 Å². The van der Waals surface area contributed by atoms with E-state index in [9.17, 15) is 9.18 Å². The Morgan fingerprint density at radius 1 is 1.04 bits per heavy atom. The average Bonchev–Trinajstić information content (AvgIpc) is 3.16. The SMILES string of the molecule is O=C(Nc1cccc(Br)c1)Nc1cc(F)c2nc(N3CCCC3)ccc2c1. The predicted molar refractivity (Wildman–Crippen MR) is 110 cm³/mol. The summed E-state index contributed by atoms with van der Waals surface area (Å²) in [6, 6.07) is 13.6. The quantitative estimate of drug-likeness (QED) is 0.588. The molecule has 27 heavy (non-hydrogen) atoms. The Balaban J connectivity index is 1.53. The monoisotopic (exact) mass is 428 g/mol. The maximum atomic E-state index is 14.6. The van der Waals surface area contributed by atoms with Crippen molar-refractivity contribution in [3.8, 4) is 0 Å². The van der Waals surface area contributed by atoms with Crippen LogP contribution in [-0.4, -0.2) is 24.1 Å². The number of carbonyl (C=O) groups excluding carboxylic acids is 1. The molecule has 2 heterocycles. The summed E-state index contributed by atoms with van der Waals surface area (Å²) < 4.78 is 15.4. The fraction of sp³-hybridized carbons (Fsp3) is 0.200. The van der Waals surface area contributed by atoms with Crippen LogP contribution in [0.1, 0.15) is 12.8 Å². The topological polar surface area (TPSA) is 57.3 Å². The number of anilines is 3. The van der Waals surface area contributed by atoms with Gasteiger partial charge in [-0.2, -0.15) is 0 Å². The van der Waals surface area contributed by atoms with Crippen molar-refractivity contribution in [3.63, 3.8) is 0 Å². The van der Waals surface area contributed by atoms with Gasteiger partial charge in [-0.15, -0.1) is 0 Å². The first-order chi connectivity index (χ1) is 13.1. The number of carbonyl (C=O) groups is 1. The van der Waals surface area contributed by atoms with E-state index in [0.29, 0.717) is 22.3 Å². The molecule has 138 valence electrons. The number of aromatic nitrogens is 1. The van der Waals surface area contributed by atoms with E-state index in [2.05, 4.69) is 36.4 Å². The lowest BCUT2D eigenvalue weighted by molar-refractivity contribution is 0.262. The zero-order valence-electron chi connectivity index (χ0n) is 14.5. The molecule has 0 bridgehead atoms. The lowest BCUT2D eigenvalue weighted by Gasteiger charge is -2.17. The summed E-state index contributed by atoms with van der Waals surface area (Å²) in [7, 11) is 0. The summed E-state index contributed by atoms with van der Waals surface area (Å²) in [5, 5.41) is 6.04. The number of nitrogens with one attached hydrogen (secondary N) is 2. The lowest BCUT2D eigenvalue weighted by Crippen LogP contribution is -2.20. The highest BCUT2D eigenvalue weighted by molar-refractivity contribution is 9.10. The zero-order valence-corrected chi connectivity index (χ0v) is 16.1. The van der Waals surface area contributed by atoms with E-state index in [-0.39, 0.29) is 0 Å². The van der Waals surface area contributed by atoms with Crippen molar-refractivity contribution >= 4 is 50.1 Å². The van der Waals surface area contributed by atoms with Crippen LogP contribution in [0.3, 0.4) is 0 Å². The van der Waals surface area contributed by atoms with Gasteiger partial charge in [0, 0.05) is 34.3 Å². The molecular formula is C20H18BrFN4O. The number of pyridine rings is 1. The molecule has 0 saturated carbocycles. The number of halogens is 2. The van der Waals surface area contributed by atoms with Crippen LogP contribution in [-0.2, 0) is 0 Å². The van der Waals surface area contributed by atoms with Gasteiger partial charge < -0.3 is 15.5 Å². The first kappa shape index (κ1) is 17.7. The summed E-state index contributed by atoms with van der Waals surface area (Å²) in [5.74, 6) is 0.346. The molecule has 0 atom stereocenters. The fourth-order valence-electron chi connectivity index (χ4n) is 3.24. The first-order valence-electron chi connectivity index (χ1n) is 8.77. The van der Waals surface area contributed by atoms with Crippen molar-refractivity contribution in [2.45, 2.75) is 12.8 Å². The Hall–Kier alpha value is -2.67. The third-order valence-corrected chi connectivity index (χ3v) is 4.99. The third-order valence-electron chi connectivity index (χ3n) is 4.50. The van der Waals surface area contributed by atoms with E-state index in [4.69, 9.17) is 0 Å². The lowest BCUT2D eigenvalue weighted by atomic mass is 10.2. The van der Waals surface area contributed by atoms with Gasteiger partial charge in [-0.1, -0.05) is 22.0 Å². The van der Waals surface area contributed by atoms with E-state index in [1.54, 1.807) is 18.2 Å². The number of fused-ring (bicyclic) bond motifs is 1. The molecule has 7 heteroatoms. The summed E-state index contributed by atoms with van der Waals surface area (Å²) in [6.07, 6.45) is 2.27. The second-order valence-corrected chi connectivity index (χ2v) is 7.40. The van der Waals surface area contributed by atoms with Crippen LogP contribution in [0.5, 0.6) is 0 Å².